The van der Waals surface area contributed by atoms with Gasteiger partial charge in [0.2, 0.25) is 15.7 Å². The number of nitrogens with one attached hydrogen (secondary N) is 3. The number of benzene rings is 2. The van der Waals surface area contributed by atoms with Gasteiger partial charge in [-0.2, -0.15) is 18.3 Å². The highest BCUT2D eigenvalue weighted by molar-refractivity contribution is 7.91. The first-order valence-corrected chi connectivity index (χ1v) is 13.5. The molecule has 39 heavy (non-hydrogen) atoms. The number of carbonyl (C=O) groups excluding carboxylic acids is 1. The number of piperidine rings is 1. The minimum atomic E-state index is -4.58. The molecule has 1 aliphatic rings. The Hall–Kier alpha value is -4.20. The fraction of sp³-hybridized carbons (Fsp3) is 0.280. The number of H-pyrrole nitrogens is 1. The van der Waals surface area contributed by atoms with Crippen LogP contribution in [-0.4, -0.2) is 60.2 Å². The third-order valence-corrected chi connectivity index (χ3v) is 8.25. The number of alkyl halides is 3. The van der Waals surface area contributed by atoms with E-state index >= 15 is 0 Å². The van der Waals surface area contributed by atoms with E-state index in [-0.39, 0.29) is 34.0 Å². The molecular formula is C25H24F3N7O3S. The summed E-state index contributed by atoms with van der Waals surface area (Å²) in [5.74, 6) is 0.396. The molecule has 0 unspecified atom stereocenters. The van der Waals surface area contributed by atoms with E-state index in [2.05, 4.69) is 35.7 Å². The number of hydrogen-bond donors (Lipinski definition) is 3. The van der Waals surface area contributed by atoms with Crippen molar-refractivity contribution in [2.45, 2.75) is 34.9 Å². The summed E-state index contributed by atoms with van der Waals surface area (Å²) in [5.41, 5.74) is -0.152. The van der Waals surface area contributed by atoms with Gasteiger partial charge in [-0.3, -0.25) is 9.89 Å². The topological polar surface area (TPSA) is 133 Å². The van der Waals surface area contributed by atoms with Crippen molar-refractivity contribution in [3.05, 3.63) is 66.6 Å². The molecule has 2 aromatic carbocycles. The van der Waals surface area contributed by atoms with E-state index in [4.69, 9.17) is 0 Å². The Balaban J connectivity index is 1.24. The molecule has 1 fully saturated rings. The van der Waals surface area contributed by atoms with Crippen LogP contribution in [0.15, 0.2) is 70.8 Å². The number of aromatic nitrogens is 4. The molecule has 5 rings (SSSR count). The van der Waals surface area contributed by atoms with E-state index in [1.165, 1.54) is 24.5 Å². The van der Waals surface area contributed by atoms with E-state index in [1.54, 1.807) is 12.3 Å². The lowest BCUT2D eigenvalue weighted by molar-refractivity contribution is -0.137. The highest BCUT2D eigenvalue weighted by Crippen LogP contribution is 2.32. The summed E-state index contributed by atoms with van der Waals surface area (Å²) in [5, 5.41) is 13.5. The molecule has 1 aliphatic heterocycles. The lowest BCUT2D eigenvalue weighted by atomic mass is 10.1. The van der Waals surface area contributed by atoms with Crippen molar-refractivity contribution in [1.29, 1.82) is 0 Å². The van der Waals surface area contributed by atoms with E-state index in [9.17, 15) is 26.4 Å². The number of sulfone groups is 1. The molecule has 0 spiro atoms. The third kappa shape index (κ3) is 5.65. The van der Waals surface area contributed by atoms with Gasteiger partial charge >= 0.3 is 6.18 Å². The lowest BCUT2D eigenvalue weighted by Crippen LogP contribution is -2.49. The van der Waals surface area contributed by atoms with Gasteiger partial charge in [-0.25, -0.2) is 18.4 Å². The zero-order valence-corrected chi connectivity index (χ0v) is 21.3. The number of halogens is 3. The van der Waals surface area contributed by atoms with Crippen LogP contribution in [0.2, 0.25) is 0 Å². The van der Waals surface area contributed by atoms with Crippen LogP contribution in [0, 0.1) is 0 Å². The van der Waals surface area contributed by atoms with Crippen LogP contribution in [0.1, 0.15) is 18.4 Å². The minimum absolute atomic E-state index is 0.144. The Morgan fingerprint density at radius 1 is 1.10 bits per heavy atom. The Morgan fingerprint density at radius 3 is 2.64 bits per heavy atom. The average Bonchev–Trinajstić information content (AvgIpc) is 3.41. The van der Waals surface area contributed by atoms with E-state index < -0.39 is 21.6 Å². The van der Waals surface area contributed by atoms with Gasteiger partial charge in [0, 0.05) is 19.1 Å². The summed E-state index contributed by atoms with van der Waals surface area (Å²) in [6.45, 7) is 1.09. The summed E-state index contributed by atoms with van der Waals surface area (Å²) < 4.78 is 65.0. The van der Waals surface area contributed by atoms with Gasteiger partial charge in [0.05, 0.1) is 39.2 Å². The van der Waals surface area contributed by atoms with Crippen molar-refractivity contribution in [2.75, 3.05) is 29.9 Å². The highest BCUT2D eigenvalue weighted by Gasteiger charge is 2.31. The maximum Gasteiger partial charge on any atom is 0.416 e. The van der Waals surface area contributed by atoms with Crippen molar-refractivity contribution >= 4 is 38.3 Å². The molecule has 1 amide bonds. The van der Waals surface area contributed by atoms with Gasteiger partial charge in [-0.15, -0.1) is 0 Å². The average molecular weight is 560 g/mol. The number of anilines is 2. The van der Waals surface area contributed by atoms with Crippen LogP contribution < -0.4 is 15.5 Å². The number of nitrogens with zero attached hydrogens (tertiary/aromatic N) is 4. The molecule has 1 saturated heterocycles. The monoisotopic (exact) mass is 559 g/mol. The first kappa shape index (κ1) is 26.4. The second-order valence-electron chi connectivity index (χ2n) is 9.06. The molecule has 3 heterocycles. The summed E-state index contributed by atoms with van der Waals surface area (Å²) in [6.07, 6.45) is 0.131. The van der Waals surface area contributed by atoms with Gasteiger partial charge in [0.15, 0.2) is 5.65 Å². The minimum Gasteiger partial charge on any atom is -0.375 e. The molecular weight excluding hydrogens is 535 g/mol. The van der Waals surface area contributed by atoms with Crippen LogP contribution in [0.4, 0.5) is 24.7 Å². The zero-order valence-electron chi connectivity index (χ0n) is 20.4. The number of fused-ring (bicyclic) bond motifs is 1. The third-order valence-electron chi connectivity index (χ3n) is 6.42. The normalized spacial score (nSPS) is 16.3. The second kappa shape index (κ2) is 10.5. The van der Waals surface area contributed by atoms with Crippen molar-refractivity contribution in [3.63, 3.8) is 0 Å². The van der Waals surface area contributed by atoms with Crippen molar-refractivity contribution in [2.24, 2.45) is 0 Å². The smallest absolute Gasteiger partial charge is 0.375 e. The van der Waals surface area contributed by atoms with Crippen LogP contribution >= 0.6 is 0 Å². The molecule has 0 aliphatic carbocycles. The quantitative estimate of drug-likeness (QED) is 0.314. The predicted molar refractivity (Wildman–Crippen MR) is 137 cm³/mol. The Kier molecular flexibility index (Phi) is 7.12. The maximum atomic E-state index is 13.2. The van der Waals surface area contributed by atoms with Crippen LogP contribution in [0.5, 0.6) is 0 Å². The van der Waals surface area contributed by atoms with E-state index in [0.717, 1.165) is 54.9 Å². The molecule has 4 aromatic rings. The largest absolute Gasteiger partial charge is 0.416 e. The standard InChI is InChI=1S/C25H24F3N7O3S/c26-25(27,28)16-7-9-18(10-8-16)39(37,38)21-6-2-1-5-20(21)29-13-22(36)33-17-4-3-11-35(14-17)24-19-12-32-34-23(19)30-15-31-24/h1-2,5-10,12,15,17,29H,3-4,11,13-14H2,(H,33,36)(H,30,31,32,34)/t17-/m1/s1. The first-order valence-electron chi connectivity index (χ1n) is 12.1. The Labute approximate surface area is 221 Å². The lowest BCUT2D eigenvalue weighted by Gasteiger charge is -2.34. The van der Waals surface area contributed by atoms with Gasteiger partial charge in [-0.05, 0) is 49.2 Å². The van der Waals surface area contributed by atoms with Gasteiger partial charge < -0.3 is 15.5 Å². The van der Waals surface area contributed by atoms with Gasteiger partial charge in [0.25, 0.3) is 0 Å². The van der Waals surface area contributed by atoms with Crippen molar-refractivity contribution in [1.82, 2.24) is 25.5 Å². The summed E-state index contributed by atoms with van der Waals surface area (Å²) >= 11 is 0. The van der Waals surface area contributed by atoms with Crippen molar-refractivity contribution in [3.8, 4) is 0 Å². The number of carbonyl (C=O) groups is 1. The maximum absolute atomic E-state index is 13.2. The number of hydrogen-bond acceptors (Lipinski definition) is 8. The molecule has 3 N–H and O–H groups in total. The molecule has 204 valence electrons. The summed E-state index contributed by atoms with van der Waals surface area (Å²) in [7, 11) is -4.15. The van der Waals surface area contributed by atoms with Gasteiger partial charge in [-0.1, -0.05) is 12.1 Å². The van der Waals surface area contributed by atoms with E-state index in [0.29, 0.717) is 12.2 Å². The second-order valence-corrected chi connectivity index (χ2v) is 11.0. The summed E-state index contributed by atoms with van der Waals surface area (Å²) in [6, 6.07) is 9.08. The number of amides is 1. The molecule has 14 heteroatoms. The molecule has 0 saturated carbocycles. The highest BCUT2D eigenvalue weighted by atomic mass is 32.2. The fourth-order valence-electron chi connectivity index (χ4n) is 4.54. The first-order chi connectivity index (χ1) is 18.6. The van der Waals surface area contributed by atoms with Crippen LogP contribution in [0.25, 0.3) is 11.0 Å². The van der Waals surface area contributed by atoms with Gasteiger partial charge in [0.1, 0.15) is 12.1 Å². The van der Waals surface area contributed by atoms with Crippen LogP contribution in [0.3, 0.4) is 0 Å². The molecule has 2 aromatic heterocycles. The molecule has 0 radical (unpaired) electrons. The summed E-state index contributed by atoms with van der Waals surface area (Å²) in [4.78, 5) is 22.9. The fourth-order valence-corrected chi connectivity index (χ4v) is 5.98. The SMILES string of the molecule is O=C(CNc1ccccc1S(=O)(=O)c1ccc(C(F)(F)F)cc1)N[C@@H]1CCCN(c2ncnc3[nH]ncc23)C1. The Morgan fingerprint density at radius 2 is 1.87 bits per heavy atom. The number of aromatic amines is 1. The number of para-hydroxylation sites is 1. The Bertz CT molecular complexity index is 1590. The zero-order chi connectivity index (χ0) is 27.6. The predicted octanol–water partition coefficient (Wildman–Crippen LogP) is 3.40. The van der Waals surface area contributed by atoms with E-state index in [1.807, 2.05) is 0 Å². The molecule has 10 nitrogen and oxygen atoms in total. The van der Waals surface area contributed by atoms with Crippen molar-refractivity contribution < 1.29 is 26.4 Å². The number of rotatable bonds is 7. The molecule has 0 bridgehead atoms. The molecule has 1 atom stereocenters. The van der Waals surface area contributed by atoms with Crippen LogP contribution in [-0.2, 0) is 20.8 Å².